The van der Waals surface area contributed by atoms with E-state index in [1.807, 2.05) is 17.9 Å². The molecule has 0 aromatic carbocycles. The standard InChI is InChI=1S/C12H14N2O2/c1-9-4-10(2-3-13-9)11(15)14-5-12(6-14)7-16-8-12/h2-4H,5-8H2,1H3. The highest BCUT2D eigenvalue weighted by atomic mass is 16.5. The van der Waals surface area contributed by atoms with E-state index in [0.29, 0.717) is 0 Å². The highest BCUT2D eigenvalue weighted by molar-refractivity contribution is 5.94. The maximum atomic E-state index is 12.1. The molecule has 1 aromatic heterocycles. The smallest absolute Gasteiger partial charge is 0.254 e. The van der Waals surface area contributed by atoms with Crippen LogP contribution in [0.2, 0.25) is 0 Å². The molecular formula is C12H14N2O2. The number of hydrogen-bond acceptors (Lipinski definition) is 3. The molecule has 3 heterocycles. The Morgan fingerprint density at radius 1 is 1.50 bits per heavy atom. The summed E-state index contributed by atoms with van der Waals surface area (Å²) in [6.45, 7) is 5.20. The number of aryl methyl sites for hydroxylation is 1. The molecule has 1 spiro atoms. The molecule has 0 radical (unpaired) electrons. The van der Waals surface area contributed by atoms with Gasteiger partial charge in [-0.15, -0.1) is 0 Å². The van der Waals surface area contributed by atoms with Gasteiger partial charge in [-0.3, -0.25) is 9.78 Å². The van der Waals surface area contributed by atoms with Crippen LogP contribution in [0.4, 0.5) is 0 Å². The Morgan fingerprint density at radius 2 is 2.25 bits per heavy atom. The van der Waals surface area contributed by atoms with Crippen molar-refractivity contribution in [2.24, 2.45) is 5.41 Å². The first-order valence-electron chi connectivity index (χ1n) is 5.48. The van der Waals surface area contributed by atoms with Gasteiger partial charge in [-0.1, -0.05) is 0 Å². The van der Waals surface area contributed by atoms with Crippen LogP contribution in [-0.4, -0.2) is 42.1 Å². The zero-order valence-corrected chi connectivity index (χ0v) is 9.27. The molecule has 0 N–H and O–H groups in total. The lowest BCUT2D eigenvalue weighted by Gasteiger charge is -2.54. The fraction of sp³-hybridized carbons (Fsp3) is 0.500. The van der Waals surface area contributed by atoms with Crippen molar-refractivity contribution in [2.45, 2.75) is 6.92 Å². The van der Waals surface area contributed by atoms with Gasteiger partial charge in [-0.25, -0.2) is 0 Å². The van der Waals surface area contributed by atoms with Crippen LogP contribution in [0.1, 0.15) is 16.1 Å². The average molecular weight is 218 g/mol. The fourth-order valence-electron chi connectivity index (χ4n) is 2.34. The van der Waals surface area contributed by atoms with Crippen molar-refractivity contribution in [1.29, 1.82) is 0 Å². The summed E-state index contributed by atoms with van der Waals surface area (Å²) < 4.78 is 5.18. The van der Waals surface area contributed by atoms with Crippen molar-refractivity contribution in [3.05, 3.63) is 29.6 Å². The fourth-order valence-corrected chi connectivity index (χ4v) is 2.34. The van der Waals surface area contributed by atoms with Crippen LogP contribution in [0, 0.1) is 12.3 Å². The van der Waals surface area contributed by atoms with Crippen LogP contribution >= 0.6 is 0 Å². The Bertz CT molecular complexity index is 432. The van der Waals surface area contributed by atoms with E-state index in [-0.39, 0.29) is 11.3 Å². The lowest BCUT2D eigenvalue weighted by molar-refractivity contribution is -0.176. The van der Waals surface area contributed by atoms with Crippen molar-refractivity contribution in [3.8, 4) is 0 Å². The second-order valence-corrected chi connectivity index (χ2v) is 4.84. The molecule has 2 aliphatic heterocycles. The minimum Gasteiger partial charge on any atom is -0.380 e. The van der Waals surface area contributed by atoms with Gasteiger partial charge in [0.15, 0.2) is 0 Å². The number of likely N-dealkylation sites (tertiary alicyclic amines) is 1. The van der Waals surface area contributed by atoms with Crippen LogP contribution < -0.4 is 0 Å². The van der Waals surface area contributed by atoms with E-state index < -0.39 is 0 Å². The molecule has 0 atom stereocenters. The van der Waals surface area contributed by atoms with Crippen molar-refractivity contribution in [3.63, 3.8) is 0 Å². The molecule has 0 unspecified atom stereocenters. The topological polar surface area (TPSA) is 42.4 Å². The van der Waals surface area contributed by atoms with Crippen LogP contribution in [0.25, 0.3) is 0 Å². The molecule has 2 aliphatic rings. The first-order chi connectivity index (χ1) is 7.69. The summed E-state index contributed by atoms with van der Waals surface area (Å²) >= 11 is 0. The van der Waals surface area contributed by atoms with Crippen molar-refractivity contribution >= 4 is 5.91 Å². The zero-order valence-electron chi connectivity index (χ0n) is 9.27. The summed E-state index contributed by atoms with van der Waals surface area (Å²) in [6, 6.07) is 3.61. The van der Waals surface area contributed by atoms with Crippen LogP contribution in [0.5, 0.6) is 0 Å². The molecule has 84 valence electrons. The van der Waals surface area contributed by atoms with Crippen molar-refractivity contribution in [2.75, 3.05) is 26.3 Å². The van der Waals surface area contributed by atoms with Gasteiger partial charge in [0, 0.05) is 30.5 Å². The molecule has 0 bridgehead atoms. The lowest BCUT2D eigenvalue weighted by Crippen LogP contribution is -2.67. The summed E-state index contributed by atoms with van der Waals surface area (Å²) in [4.78, 5) is 18.0. The molecule has 4 heteroatoms. The third-order valence-corrected chi connectivity index (χ3v) is 3.30. The third kappa shape index (κ3) is 1.41. The predicted molar refractivity (Wildman–Crippen MR) is 58.1 cm³/mol. The van der Waals surface area contributed by atoms with Gasteiger partial charge < -0.3 is 9.64 Å². The van der Waals surface area contributed by atoms with Gasteiger partial charge in [0.1, 0.15) is 0 Å². The molecule has 1 aromatic rings. The van der Waals surface area contributed by atoms with E-state index in [1.165, 1.54) is 0 Å². The van der Waals surface area contributed by atoms with E-state index in [1.54, 1.807) is 12.3 Å². The minimum absolute atomic E-state index is 0.114. The van der Waals surface area contributed by atoms with Crippen LogP contribution in [0.3, 0.4) is 0 Å². The summed E-state index contributed by atoms with van der Waals surface area (Å²) in [5.41, 5.74) is 1.91. The monoisotopic (exact) mass is 218 g/mol. The first-order valence-corrected chi connectivity index (χ1v) is 5.48. The Labute approximate surface area is 94.2 Å². The van der Waals surface area contributed by atoms with E-state index >= 15 is 0 Å². The number of carbonyl (C=O) groups excluding carboxylic acids is 1. The maximum Gasteiger partial charge on any atom is 0.254 e. The zero-order chi connectivity index (χ0) is 11.2. The summed E-state index contributed by atoms with van der Waals surface area (Å²) in [5.74, 6) is 0.114. The summed E-state index contributed by atoms with van der Waals surface area (Å²) in [5, 5.41) is 0. The predicted octanol–water partition coefficient (Wildman–Crippen LogP) is 0.862. The number of amides is 1. The second kappa shape index (κ2) is 3.28. The molecule has 1 amide bonds. The number of nitrogens with zero attached hydrogens (tertiary/aromatic N) is 2. The number of carbonyl (C=O) groups is 1. The number of aromatic nitrogens is 1. The number of pyridine rings is 1. The van der Waals surface area contributed by atoms with Gasteiger partial charge in [0.05, 0.1) is 18.6 Å². The van der Waals surface area contributed by atoms with Crippen LogP contribution in [0.15, 0.2) is 18.3 Å². The van der Waals surface area contributed by atoms with Crippen LogP contribution in [-0.2, 0) is 4.74 Å². The number of hydrogen-bond donors (Lipinski definition) is 0. The number of rotatable bonds is 1. The normalized spacial score (nSPS) is 21.4. The van der Waals surface area contributed by atoms with Gasteiger partial charge in [-0.05, 0) is 19.1 Å². The molecule has 3 rings (SSSR count). The molecule has 4 nitrogen and oxygen atoms in total. The van der Waals surface area contributed by atoms with E-state index in [4.69, 9.17) is 4.74 Å². The summed E-state index contributed by atoms with van der Waals surface area (Å²) in [6.07, 6.45) is 1.69. The molecule has 16 heavy (non-hydrogen) atoms. The Balaban J connectivity index is 1.70. The Morgan fingerprint density at radius 3 is 2.81 bits per heavy atom. The van der Waals surface area contributed by atoms with Gasteiger partial charge in [0.25, 0.3) is 5.91 Å². The van der Waals surface area contributed by atoms with Crippen molar-refractivity contribution in [1.82, 2.24) is 9.88 Å². The highest BCUT2D eigenvalue weighted by Gasteiger charge is 2.50. The van der Waals surface area contributed by atoms with E-state index in [9.17, 15) is 4.79 Å². The average Bonchev–Trinajstić information content (AvgIpc) is 2.13. The van der Waals surface area contributed by atoms with Gasteiger partial charge >= 0.3 is 0 Å². The van der Waals surface area contributed by atoms with Gasteiger partial charge in [-0.2, -0.15) is 0 Å². The molecular weight excluding hydrogens is 204 g/mol. The van der Waals surface area contributed by atoms with E-state index in [0.717, 1.165) is 37.6 Å². The van der Waals surface area contributed by atoms with Gasteiger partial charge in [0.2, 0.25) is 0 Å². The van der Waals surface area contributed by atoms with E-state index in [2.05, 4.69) is 4.98 Å². The highest BCUT2D eigenvalue weighted by Crippen LogP contribution is 2.38. The summed E-state index contributed by atoms with van der Waals surface area (Å²) in [7, 11) is 0. The molecule has 2 saturated heterocycles. The molecule has 0 aliphatic carbocycles. The Kier molecular flexibility index (Phi) is 2.01. The minimum atomic E-state index is 0.114. The third-order valence-electron chi connectivity index (χ3n) is 3.30. The Hall–Kier alpha value is -1.42. The lowest BCUT2D eigenvalue weighted by atomic mass is 9.78. The first kappa shape index (κ1) is 9.78. The quantitative estimate of drug-likeness (QED) is 0.702. The number of ether oxygens (including phenoxy) is 1. The largest absolute Gasteiger partial charge is 0.380 e. The maximum absolute atomic E-state index is 12.1. The molecule has 2 fully saturated rings. The SMILES string of the molecule is Cc1cc(C(=O)N2CC3(COC3)C2)ccn1. The molecule has 0 saturated carbocycles. The van der Waals surface area contributed by atoms with Crippen molar-refractivity contribution < 1.29 is 9.53 Å². The second-order valence-electron chi connectivity index (χ2n) is 4.84.